The van der Waals surface area contributed by atoms with Crippen LogP contribution in [0, 0.1) is 6.92 Å². The number of benzene rings is 4. The summed E-state index contributed by atoms with van der Waals surface area (Å²) in [5.41, 5.74) is 4.93. The Labute approximate surface area is 184 Å². The molecule has 0 atom stereocenters. The molecule has 0 spiro atoms. The lowest BCUT2D eigenvalue weighted by atomic mass is 9.99. The monoisotopic (exact) mass is 414 g/mol. The number of phenolic OH excluding ortho intramolecular Hbond substituents is 1. The molecule has 0 saturated carbocycles. The SMILES string of the molecule is CCC/C(=C\c1cccc(O)c1)c1ccccc1.Cc1ccc2ccccc2c1.OO. The average molecular weight is 415 g/mol. The van der Waals surface area contributed by atoms with E-state index < -0.39 is 0 Å². The predicted octanol–water partition coefficient (Wildman–Crippen LogP) is 7.90. The van der Waals surface area contributed by atoms with E-state index in [1.807, 2.05) is 18.2 Å². The summed E-state index contributed by atoms with van der Waals surface area (Å²) in [6, 6.07) is 32.7. The van der Waals surface area contributed by atoms with Gasteiger partial charge in [0.05, 0.1) is 0 Å². The number of phenols is 1. The van der Waals surface area contributed by atoms with Crippen LogP contribution in [0.5, 0.6) is 5.75 Å². The van der Waals surface area contributed by atoms with Crippen molar-refractivity contribution < 1.29 is 15.6 Å². The van der Waals surface area contributed by atoms with E-state index in [0.29, 0.717) is 5.75 Å². The second kappa shape index (κ2) is 13.0. The van der Waals surface area contributed by atoms with Gasteiger partial charge in [0.1, 0.15) is 5.75 Å². The van der Waals surface area contributed by atoms with Crippen molar-refractivity contribution in [3.63, 3.8) is 0 Å². The van der Waals surface area contributed by atoms with Gasteiger partial charge in [-0.05, 0) is 52.9 Å². The highest BCUT2D eigenvalue weighted by atomic mass is 17.0. The first-order valence-corrected chi connectivity index (χ1v) is 10.4. The minimum Gasteiger partial charge on any atom is -0.508 e. The van der Waals surface area contributed by atoms with Crippen molar-refractivity contribution in [1.82, 2.24) is 0 Å². The van der Waals surface area contributed by atoms with Crippen molar-refractivity contribution in [3.8, 4) is 5.75 Å². The summed E-state index contributed by atoms with van der Waals surface area (Å²) >= 11 is 0. The predicted molar refractivity (Wildman–Crippen MR) is 131 cm³/mol. The summed E-state index contributed by atoms with van der Waals surface area (Å²) < 4.78 is 0. The third-order valence-corrected chi connectivity index (χ3v) is 4.78. The van der Waals surface area contributed by atoms with Crippen molar-refractivity contribution in [3.05, 3.63) is 114 Å². The van der Waals surface area contributed by atoms with Crippen molar-refractivity contribution in [1.29, 1.82) is 0 Å². The van der Waals surface area contributed by atoms with Gasteiger partial charge in [-0.15, -0.1) is 0 Å². The normalized spacial score (nSPS) is 10.5. The highest BCUT2D eigenvalue weighted by molar-refractivity contribution is 5.83. The molecule has 4 aromatic rings. The van der Waals surface area contributed by atoms with Gasteiger partial charge in [-0.1, -0.05) is 110 Å². The molecule has 0 fully saturated rings. The Bertz CT molecular complexity index is 1090. The van der Waals surface area contributed by atoms with E-state index in [4.69, 9.17) is 10.5 Å². The average Bonchev–Trinajstić information content (AvgIpc) is 2.81. The highest BCUT2D eigenvalue weighted by Crippen LogP contribution is 2.24. The Balaban J connectivity index is 0.000000224. The van der Waals surface area contributed by atoms with Crippen molar-refractivity contribution in [2.75, 3.05) is 0 Å². The quantitative estimate of drug-likeness (QED) is 0.181. The maximum absolute atomic E-state index is 9.50. The molecule has 0 aliphatic carbocycles. The van der Waals surface area contributed by atoms with Crippen LogP contribution in [0.4, 0.5) is 0 Å². The summed E-state index contributed by atoms with van der Waals surface area (Å²) in [7, 11) is 0. The summed E-state index contributed by atoms with van der Waals surface area (Å²) in [4.78, 5) is 0. The zero-order valence-electron chi connectivity index (χ0n) is 18.1. The van der Waals surface area contributed by atoms with Crippen molar-refractivity contribution in [2.45, 2.75) is 26.7 Å². The number of aryl methyl sites for hydroxylation is 1. The van der Waals surface area contributed by atoms with Crippen molar-refractivity contribution in [2.24, 2.45) is 0 Å². The molecule has 31 heavy (non-hydrogen) atoms. The molecule has 0 heterocycles. The topological polar surface area (TPSA) is 60.7 Å². The molecule has 4 rings (SSSR count). The molecule has 0 aromatic heterocycles. The molecule has 0 unspecified atom stereocenters. The van der Waals surface area contributed by atoms with Gasteiger partial charge in [0.2, 0.25) is 0 Å². The highest BCUT2D eigenvalue weighted by Gasteiger charge is 2.01. The lowest BCUT2D eigenvalue weighted by Crippen LogP contribution is -1.84. The second-order valence-corrected chi connectivity index (χ2v) is 7.23. The molecular weight excluding hydrogens is 384 g/mol. The number of aromatic hydroxyl groups is 1. The van der Waals surface area contributed by atoms with Gasteiger partial charge >= 0.3 is 0 Å². The summed E-state index contributed by atoms with van der Waals surface area (Å²) in [6.07, 6.45) is 4.30. The molecule has 3 N–H and O–H groups in total. The third kappa shape index (κ3) is 7.74. The van der Waals surface area contributed by atoms with E-state index in [0.717, 1.165) is 18.4 Å². The zero-order chi connectivity index (χ0) is 22.5. The molecule has 4 aromatic carbocycles. The number of fused-ring (bicyclic) bond motifs is 1. The summed E-state index contributed by atoms with van der Waals surface area (Å²) in [5.74, 6) is 0.313. The zero-order valence-corrected chi connectivity index (χ0v) is 18.1. The molecule has 0 aliphatic heterocycles. The molecule has 0 bridgehead atoms. The fourth-order valence-corrected chi connectivity index (χ4v) is 3.35. The van der Waals surface area contributed by atoms with Gasteiger partial charge in [0, 0.05) is 0 Å². The molecular formula is C28H30O3. The Hall–Kier alpha value is -3.40. The summed E-state index contributed by atoms with van der Waals surface area (Å²) in [5, 5.41) is 24.1. The van der Waals surface area contributed by atoms with Crippen LogP contribution in [0.15, 0.2) is 97.1 Å². The first kappa shape index (κ1) is 23.9. The standard InChI is InChI=1S/C17H18O.C11H10.H2O2/c1-2-7-16(15-9-4-3-5-10-15)12-14-8-6-11-17(18)13-14;1-9-6-7-10-4-2-3-5-11(10)8-9;1-2/h3-6,8-13,18H,2,7H2,1H3;2-8H,1H3;1-2H/b16-12+;;. The Morgan fingerprint density at radius 2 is 1.42 bits per heavy atom. The Kier molecular flexibility index (Phi) is 10.0. The van der Waals surface area contributed by atoms with Crippen LogP contribution in [0.2, 0.25) is 0 Å². The van der Waals surface area contributed by atoms with Crippen LogP contribution in [0.3, 0.4) is 0 Å². The number of rotatable bonds is 4. The van der Waals surface area contributed by atoms with Crippen LogP contribution < -0.4 is 0 Å². The smallest absolute Gasteiger partial charge is 0.116 e. The van der Waals surface area contributed by atoms with E-state index in [9.17, 15) is 5.11 Å². The first-order chi connectivity index (χ1) is 15.2. The van der Waals surface area contributed by atoms with E-state index in [1.165, 1.54) is 27.5 Å². The van der Waals surface area contributed by atoms with E-state index in [2.05, 4.69) is 86.7 Å². The Morgan fingerprint density at radius 3 is 2.10 bits per heavy atom. The minimum absolute atomic E-state index is 0.313. The van der Waals surface area contributed by atoms with Gasteiger partial charge in [-0.25, -0.2) is 0 Å². The van der Waals surface area contributed by atoms with E-state index in [-0.39, 0.29) is 0 Å². The molecule has 0 amide bonds. The minimum atomic E-state index is 0.313. The van der Waals surface area contributed by atoms with Crippen molar-refractivity contribution >= 4 is 22.4 Å². The third-order valence-electron chi connectivity index (χ3n) is 4.78. The fourth-order valence-electron chi connectivity index (χ4n) is 3.35. The maximum Gasteiger partial charge on any atom is 0.116 e. The van der Waals surface area contributed by atoms with Gasteiger partial charge in [0.25, 0.3) is 0 Å². The second-order valence-electron chi connectivity index (χ2n) is 7.23. The molecule has 160 valence electrons. The maximum atomic E-state index is 9.50. The molecule has 0 saturated heterocycles. The molecule has 3 nitrogen and oxygen atoms in total. The van der Waals surface area contributed by atoms with Crippen LogP contribution in [-0.4, -0.2) is 15.6 Å². The van der Waals surface area contributed by atoms with Crippen LogP contribution in [0.1, 0.15) is 36.5 Å². The van der Waals surface area contributed by atoms with Gasteiger partial charge < -0.3 is 5.11 Å². The fraction of sp³-hybridized carbons (Fsp3) is 0.143. The van der Waals surface area contributed by atoms with E-state index in [1.54, 1.807) is 12.1 Å². The lowest BCUT2D eigenvalue weighted by molar-refractivity contribution is -0.176. The lowest BCUT2D eigenvalue weighted by Gasteiger charge is -2.07. The molecule has 3 heteroatoms. The van der Waals surface area contributed by atoms with Gasteiger partial charge in [-0.3, -0.25) is 10.5 Å². The summed E-state index contributed by atoms with van der Waals surface area (Å²) in [6.45, 7) is 4.30. The molecule has 0 aliphatic rings. The Morgan fingerprint density at radius 1 is 0.742 bits per heavy atom. The first-order valence-electron chi connectivity index (χ1n) is 10.4. The number of allylic oxidation sites excluding steroid dienone is 1. The van der Waals surface area contributed by atoms with Crippen LogP contribution in [-0.2, 0) is 0 Å². The molecule has 0 radical (unpaired) electrons. The van der Waals surface area contributed by atoms with Crippen LogP contribution in [0.25, 0.3) is 22.4 Å². The van der Waals surface area contributed by atoms with Gasteiger partial charge in [0.15, 0.2) is 0 Å². The largest absolute Gasteiger partial charge is 0.508 e. The number of hydrogen-bond acceptors (Lipinski definition) is 3. The van der Waals surface area contributed by atoms with E-state index >= 15 is 0 Å². The van der Waals surface area contributed by atoms with Crippen LogP contribution >= 0.6 is 0 Å². The van der Waals surface area contributed by atoms with Gasteiger partial charge in [-0.2, -0.15) is 0 Å². The number of hydrogen-bond donors (Lipinski definition) is 3.